The molecule has 134 valence electrons. The molecule has 1 aliphatic rings. The molecule has 0 aliphatic heterocycles. The van der Waals surface area contributed by atoms with Crippen molar-refractivity contribution in [3.8, 4) is 22.3 Å². The lowest BCUT2D eigenvalue weighted by Crippen LogP contribution is -2.15. The van der Waals surface area contributed by atoms with Gasteiger partial charge in [0.15, 0.2) is 0 Å². The topological polar surface area (TPSA) is 15.8 Å². The van der Waals surface area contributed by atoms with Crippen LogP contribution in [0.3, 0.4) is 0 Å². The highest BCUT2D eigenvalue weighted by Gasteiger charge is 2.37. The van der Waals surface area contributed by atoms with E-state index in [9.17, 15) is 0 Å². The van der Waals surface area contributed by atoms with Gasteiger partial charge in [-0.2, -0.15) is 0 Å². The number of hydrogen-bond acceptors (Lipinski definition) is 0. The van der Waals surface area contributed by atoms with Crippen LogP contribution in [0.1, 0.15) is 25.0 Å². The summed E-state index contributed by atoms with van der Waals surface area (Å²) in [6, 6.07) is 30.8. The zero-order valence-corrected chi connectivity index (χ0v) is 16.1. The van der Waals surface area contributed by atoms with Gasteiger partial charge in [0.25, 0.3) is 0 Å². The number of rotatable bonds is 1. The van der Waals surface area contributed by atoms with Crippen LogP contribution in [-0.4, -0.2) is 4.98 Å². The van der Waals surface area contributed by atoms with E-state index >= 15 is 0 Å². The molecular formula is C27H21N. The van der Waals surface area contributed by atoms with Crippen LogP contribution in [-0.2, 0) is 5.41 Å². The SMILES string of the molecule is CC1(C)c2ccccc2-c2ccc3c([nH]c4ccc(-c5ccccc5)cc43)c21. The number of aromatic amines is 1. The summed E-state index contributed by atoms with van der Waals surface area (Å²) in [5.74, 6) is 0. The Morgan fingerprint density at radius 2 is 1.43 bits per heavy atom. The quantitative estimate of drug-likeness (QED) is 0.323. The molecule has 1 heterocycles. The second kappa shape index (κ2) is 5.36. The number of benzene rings is 4. The third-order valence-corrected chi connectivity index (χ3v) is 6.40. The summed E-state index contributed by atoms with van der Waals surface area (Å²) in [5, 5.41) is 2.61. The molecule has 0 radical (unpaired) electrons. The molecule has 1 aromatic heterocycles. The fraction of sp³-hybridized carbons (Fsp3) is 0.111. The Hall–Kier alpha value is -3.32. The Kier molecular flexibility index (Phi) is 3.01. The van der Waals surface area contributed by atoms with Crippen molar-refractivity contribution < 1.29 is 0 Å². The van der Waals surface area contributed by atoms with E-state index in [4.69, 9.17) is 0 Å². The van der Waals surface area contributed by atoms with Crippen LogP contribution in [0.2, 0.25) is 0 Å². The Balaban J connectivity index is 1.66. The molecule has 1 aliphatic carbocycles. The number of aromatic nitrogens is 1. The highest BCUT2D eigenvalue weighted by molar-refractivity contribution is 6.12. The highest BCUT2D eigenvalue weighted by Crippen LogP contribution is 2.51. The van der Waals surface area contributed by atoms with E-state index in [0.29, 0.717) is 0 Å². The van der Waals surface area contributed by atoms with E-state index in [1.54, 1.807) is 0 Å². The maximum atomic E-state index is 3.75. The van der Waals surface area contributed by atoms with E-state index in [1.165, 1.54) is 55.2 Å². The Labute approximate surface area is 164 Å². The zero-order chi connectivity index (χ0) is 18.9. The average Bonchev–Trinajstić information content (AvgIpc) is 3.21. The highest BCUT2D eigenvalue weighted by atomic mass is 14.7. The first-order valence-corrected chi connectivity index (χ1v) is 9.89. The maximum Gasteiger partial charge on any atom is 0.0512 e. The summed E-state index contributed by atoms with van der Waals surface area (Å²) < 4.78 is 0. The van der Waals surface area contributed by atoms with Crippen molar-refractivity contribution in [2.45, 2.75) is 19.3 Å². The van der Waals surface area contributed by atoms with Gasteiger partial charge in [-0.05, 0) is 45.5 Å². The largest absolute Gasteiger partial charge is 0.354 e. The molecule has 0 atom stereocenters. The molecule has 28 heavy (non-hydrogen) atoms. The number of H-pyrrole nitrogens is 1. The molecule has 0 amide bonds. The molecular weight excluding hydrogens is 338 g/mol. The minimum absolute atomic E-state index is 0.00538. The smallest absolute Gasteiger partial charge is 0.0512 e. The van der Waals surface area contributed by atoms with Crippen molar-refractivity contribution in [2.75, 3.05) is 0 Å². The van der Waals surface area contributed by atoms with E-state index in [-0.39, 0.29) is 5.41 Å². The maximum absolute atomic E-state index is 3.75. The first kappa shape index (κ1) is 15.7. The molecule has 0 spiro atoms. The van der Waals surface area contributed by atoms with Crippen LogP contribution < -0.4 is 0 Å². The predicted octanol–water partition coefficient (Wildman–Crippen LogP) is 7.29. The normalized spacial score (nSPS) is 14.4. The number of nitrogens with one attached hydrogen (secondary N) is 1. The van der Waals surface area contributed by atoms with Crippen LogP contribution in [0, 0.1) is 0 Å². The fourth-order valence-electron chi connectivity index (χ4n) is 5.05. The third-order valence-electron chi connectivity index (χ3n) is 6.40. The van der Waals surface area contributed by atoms with Crippen molar-refractivity contribution >= 4 is 21.8 Å². The van der Waals surface area contributed by atoms with Crippen molar-refractivity contribution in [2.24, 2.45) is 0 Å². The third kappa shape index (κ3) is 1.96. The summed E-state index contributed by atoms with van der Waals surface area (Å²) in [5.41, 5.74) is 10.6. The van der Waals surface area contributed by atoms with E-state index in [2.05, 4.69) is 104 Å². The summed E-state index contributed by atoms with van der Waals surface area (Å²) in [6.07, 6.45) is 0. The second-order valence-corrected chi connectivity index (χ2v) is 8.33. The molecule has 0 fully saturated rings. The molecule has 1 N–H and O–H groups in total. The number of fused-ring (bicyclic) bond motifs is 7. The molecule has 1 heteroatoms. The van der Waals surface area contributed by atoms with Crippen molar-refractivity contribution in [3.05, 3.63) is 96.1 Å². The molecule has 0 unspecified atom stereocenters. The van der Waals surface area contributed by atoms with Crippen molar-refractivity contribution in [3.63, 3.8) is 0 Å². The summed E-state index contributed by atoms with van der Waals surface area (Å²) in [7, 11) is 0. The van der Waals surface area contributed by atoms with Gasteiger partial charge in [-0.15, -0.1) is 0 Å². The molecule has 5 aromatic rings. The minimum atomic E-state index is -0.00538. The van der Waals surface area contributed by atoms with Gasteiger partial charge in [0.1, 0.15) is 0 Å². The summed E-state index contributed by atoms with van der Waals surface area (Å²) in [4.78, 5) is 3.75. The standard InChI is InChI=1S/C27H21N/c1-27(2)23-11-7-6-10-19(23)20-13-14-21-22-16-18(17-8-4-3-5-9-17)12-15-24(22)28-26(21)25(20)27/h3-16,28H,1-2H3. The monoisotopic (exact) mass is 359 g/mol. The van der Waals surface area contributed by atoms with Crippen LogP contribution in [0.5, 0.6) is 0 Å². The fourth-order valence-corrected chi connectivity index (χ4v) is 5.05. The Morgan fingerprint density at radius 3 is 2.29 bits per heavy atom. The Morgan fingerprint density at radius 1 is 0.643 bits per heavy atom. The average molecular weight is 359 g/mol. The lowest BCUT2D eigenvalue weighted by Gasteiger charge is -2.22. The molecule has 0 bridgehead atoms. The van der Waals surface area contributed by atoms with Gasteiger partial charge in [0, 0.05) is 21.7 Å². The van der Waals surface area contributed by atoms with E-state index in [0.717, 1.165) is 0 Å². The van der Waals surface area contributed by atoms with Crippen molar-refractivity contribution in [1.29, 1.82) is 0 Å². The lowest BCUT2D eigenvalue weighted by atomic mass is 9.81. The predicted molar refractivity (Wildman–Crippen MR) is 119 cm³/mol. The first-order chi connectivity index (χ1) is 13.6. The molecule has 1 nitrogen and oxygen atoms in total. The Bertz CT molecular complexity index is 1370. The molecule has 0 saturated carbocycles. The van der Waals surface area contributed by atoms with Gasteiger partial charge in [-0.25, -0.2) is 0 Å². The molecule has 0 saturated heterocycles. The van der Waals surface area contributed by atoms with Crippen LogP contribution in [0.15, 0.2) is 84.9 Å². The molecule has 6 rings (SSSR count). The van der Waals surface area contributed by atoms with Crippen LogP contribution in [0.4, 0.5) is 0 Å². The van der Waals surface area contributed by atoms with Gasteiger partial charge >= 0.3 is 0 Å². The summed E-state index contributed by atoms with van der Waals surface area (Å²) >= 11 is 0. The van der Waals surface area contributed by atoms with Crippen LogP contribution in [0.25, 0.3) is 44.1 Å². The van der Waals surface area contributed by atoms with Gasteiger partial charge < -0.3 is 4.98 Å². The second-order valence-electron chi connectivity index (χ2n) is 8.33. The van der Waals surface area contributed by atoms with Gasteiger partial charge in [0.2, 0.25) is 0 Å². The number of hydrogen-bond donors (Lipinski definition) is 1. The summed E-state index contributed by atoms with van der Waals surface area (Å²) in [6.45, 7) is 4.69. The zero-order valence-electron chi connectivity index (χ0n) is 16.1. The van der Waals surface area contributed by atoms with Crippen LogP contribution >= 0.6 is 0 Å². The van der Waals surface area contributed by atoms with E-state index in [1.807, 2.05) is 0 Å². The van der Waals surface area contributed by atoms with Gasteiger partial charge in [-0.3, -0.25) is 0 Å². The minimum Gasteiger partial charge on any atom is -0.354 e. The van der Waals surface area contributed by atoms with Gasteiger partial charge in [0.05, 0.1) is 5.52 Å². The molecule has 4 aromatic carbocycles. The first-order valence-electron chi connectivity index (χ1n) is 9.89. The van der Waals surface area contributed by atoms with Crippen molar-refractivity contribution in [1.82, 2.24) is 4.98 Å². The van der Waals surface area contributed by atoms with E-state index < -0.39 is 0 Å². The van der Waals surface area contributed by atoms with Gasteiger partial charge in [-0.1, -0.05) is 86.6 Å². The lowest BCUT2D eigenvalue weighted by molar-refractivity contribution is 0.665.